The van der Waals surface area contributed by atoms with E-state index in [0.717, 1.165) is 23.8 Å². The number of aromatic nitrogens is 3. The molecule has 4 heteroatoms. The molecular weight excluding hydrogens is 188 g/mol. The molecule has 0 unspecified atom stereocenters. The van der Waals surface area contributed by atoms with Crippen LogP contribution in [-0.2, 0) is 13.1 Å². The third-order valence-corrected chi connectivity index (χ3v) is 2.36. The number of benzene rings is 1. The normalized spacial score (nSPS) is 10.5. The first-order chi connectivity index (χ1) is 7.36. The fourth-order valence-corrected chi connectivity index (χ4v) is 1.62. The van der Waals surface area contributed by atoms with Gasteiger partial charge in [0.05, 0.1) is 6.54 Å². The number of hydrogen-bond acceptors (Lipinski definition) is 3. The molecule has 0 fully saturated rings. The Morgan fingerprint density at radius 3 is 2.53 bits per heavy atom. The molecule has 0 atom stereocenters. The molecular formula is C11H14N4. The van der Waals surface area contributed by atoms with E-state index < -0.39 is 0 Å². The first-order valence-electron chi connectivity index (χ1n) is 5.04. The maximum absolute atomic E-state index is 5.59. The minimum absolute atomic E-state index is 0.424. The number of hydrogen-bond donors (Lipinski definition) is 1. The molecule has 0 aliphatic heterocycles. The summed E-state index contributed by atoms with van der Waals surface area (Å²) in [5.41, 5.74) is 6.67. The highest BCUT2D eigenvalue weighted by Gasteiger charge is 2.10. The van der Waals surface area contributed by atoms with Crippen molar-refractivity contribution in [2.45, 2.75) is 20.0 Å². The van der Waals surface area contributed by atoms with E-state index in [0.29, 0.717) is 6.54 Å². The first kappa shape index (κ1) is 9.86. The highest BCUT2D eigenvalue weighted by molar-refractivity contribution is 5.54. The third-order valence-electron chi connectivity index (χ3n) is 2.36. The zero-order chi connectivity index (χ0) is 10.7. The minimum atomic E-state index is 0.424. The van der Waals surface area contributed by atoms with Crippen LogP contribution in [0, 0.1) is 0 Å². The van der Waals surface area contributed by atoms with E-state index in [2.05, 4.69) is 17.1 Å². The first-order valence-corrected chi connectivity index (χ1v) is 5.04. The van der Waals surface area contributed by atoms with Gasteiger partial charge in [-0.3, -0.25) is 0 Å². The lowest BCUT2D eigenvalue weighted by atomic mass is 10.2. The van der Waals surface area contributed by atoms with Crippen molar-refractivity contribution in [3.05, 3.63) is 36.2 Å². The van der Waals surface area contributed by atoms with Gasteiger partial charge in [0.25, 0.3) is 0 Å². The Balaban J connectivity index is 2.49. The van der Waals surface area contributed by atoms with Crippen LogP contribution < -0.4 is 5.73 Å². The fraction of sp³-hybridized carbons (Fsp3) is 0.273. The standard InChI is InChI=1S/C11H14N4/c1-2-15-10(8-12)13-14-11(15)9-6-4-3-5-7-9/h3-7H,2,8,12H2,1H3. The van der Waals surface area contributed by atoms with Gasteiger partial charge in [0, 0.05) is 12.1 Å². The van der Waals surface area contributed by atoms with Gasteiger partial charge in [0.1, 0.15) is 5.82 Å². The van der Waals surface area contributed by atoms with Crippen LogP contribution >= 0.6 is 0 Å². The predicted molar refractivity (Wildman–Crippen MR) is 59.0 cm³/mol. The summed E-state index contributed by atoms with van der Waals surface area (Å²) in [5.74, 6) is 1.72. The second-order valence-electron chi connectivity index (χ2n) is 3.25. The molecule has 0 aliphatic rings. The molecule has 2 aromatic rings. The molecule has 0 amide bonds. The van der Waals surface area contributed by atoms with E-state index in [1.54, 1.807) is 0 Å². The van der Waals surface area contributed by atoms with Gasteiger partial charge in [-0.15, -0.1) is 10.2 Å². The average Bonchev–Trinajstić information content (AvgIpc) is 2.72. The van der Waals surface area contributed by atoms with Crippen molar-refractivity contribution in [3.63, 3.8) is 0 Å². The van der Waals surface area contributed by atoms with Gasteiger partial charge in [-0.2, -0.15) is 0 Å². The Labute approximate surface area is 88.8 Å². The van der Waals surface area contributed by atoms with Crippen molar-refractivity contribution in [2.75, 3.05) is 0 Å². The lowest BCUT2D eigenvalue weighted by Crippen LogP contribution is -2.08. The van der Waals surface area contributed by atoms with E-state index in [1.807, 2.05) is 34.9 Å². The van der Waals surface area contributed by atoms with E-state index in [9.17, 15) is 0 Å². The van der Waals surface area contributed by atoms with Crippen LogP contribution in [0.2, 0.25) is 0 Å². The van der Waals surface area contributed by atoms with Crippen molar-refractivity contribution in [1.29, 1.82) is 0 Å². The highest BCUT2D eigenvalue weighted by Crippen LogP contribution is 2.17. The summed E-state index contributed by atoms with van der Waals surface area (Å²) in [4.78, 5) is 0. The zero-order valence-electron chi connectivity index (χ0n) is 8.72. The van der Waals surface area contributed by atoms with Crippen LogP contribution in [0.5, 0.6) is 0 Å². The van der Waals surface area contributed by atoms with Gasteiger partial charge in [-0.05, 0) is 6.92 Å². The van der Waals surface area contributed by atoms with Gasteiger partial charge < -0.3 is 10.3 Å². The van der Waals surface area contributed by atoms with Crippen LogP contribution in [0.3, 0.4) is 0 Å². The number of nitrogens with zero attached hydrogens (tertiary/aromatic N) is 3. The van der Waals surface area contributed by atoms with E-state index in [1.165, 1.54) is 0 Å². The van der Waals surface area contributed by atoms with E-state index in [-0.39, 0.29) is 0 Å². The molecule has 0 radical (unpaired) electrons. The van der Waals surface area contributed by atoms with Crippen molar-refractivity contribution in [3.8, 4) is 11.4 Å². The highest BCUT2D eigenvalue weighted by atomic mass is 15.3. The van der Waals surface area contributed by atoms with Gasteiger partial charge >= 0.3 is 0 Å². The summed E-state index contributed by atoms with van der Waals surface area (Å²) in [5, 5.41) is 8.23. The third kappa shape index (κ3) is 1.76. The second-order valence-corrected chi connectivity index (χ2v) is 3.25. The zero-order valence-corrected chi connectivity index (χ0v) is 8.72. The Hall–Kier alpha value is -1.68. The Morgan fingerprint density at radius 1 is 1.20 bits per heavy atom. The molecule has 0 saturated heterocycles. The van der Waals surface area contributed by atoms with Crippen molar-refractivity contribution >= 4 is 0 Å². The van der Waals surface area contributed by atoms with Crippen LogP contribution in [0.4, 0.5) is 0 Å². The fourth-order valence-electron chi connectivity index (χ4n) is 1.62. The van der Waals surface area contributed by atoms with Crippen LogP contribution in [0.25, 0.3) is 11.4 Å². The molecule has 0 saturated carbocycles. The largest absolute Gasteiger partial charge is 0.324 e. The molecule has 1 aromatic carbocycles. The SMILES string of the molecule is CCn1c(CN)nnc1-c1ccccc1. The number of rotatable bonds is 3. The molecule has 0 aliphatic carbocycles. The van der Waals surface area contributed by atoms with Gasteiger partial charge in [0.2, 0.25) is 0 Å². The monoisotopic (exact) mass is 202 g/mol. The lowest BCUT2D eigenvalue weighted by Gasteiger charge is -2.05. The molecule has 0 bridgehead atoms. The smallest absolute Gasteiger partial charge is 0.163 e. The molecule has 2 rings (SSSR count). The predicted octanol–water partition coefficient (Wildman–Crippen LogP) is 1.42. The van der Waals surface area contributed by atoms with Crippen LogP contribution in [-0.4, -0.2) is 14.8 Å². The Kier molecular flexibility index (Phi) is 2.78. The van der Waals surface area contributed by atoms with Crippen LogP contribution in [0.1, 0.15) is 12.7 Å². The van der Waals surface area contributed by atoms with Gasteiger partial charge in [-0.1, -0.05) is 30.3 Å². The summed E-state index contributed by atoms with van der Waals surface area (Å²) in [6.07, 6.45) is 0. The molecule has 15 heavy (non-hydrogen) atoms. The molecule has 0 spiro atoms. The summed E-state index contributed by atoms with van der Waals surface area (Å²) in [6, 6.07) is 10.0. The molecule has 2 N–H and O–H groups in total. The molecule has 1 heterocycles. The van der Waals surface area contributed by atoms with Gasteiger partial charge in [-0.25, -0.2) is 0 Å². The maximum atomic E-state index is 5.59. The average molecular weight is 202 g/mol. The quantitative estimate of drug-likeness (QED) is 0.819. The Morgan fingerprint density at radius 2 is 1.93 bits per heavy atom. The summed E-state index contributed by atoms with van der Waals surface area (Å²) in [6.45, 7) is 3.33. The van der Waals surface area contributed by atoms with Crippen molar-refractivity contribution in [1.82, 2.24) is 14.8 Å². The topological polar surface area (TPSA) is 56.7 Å². The molecule has 78 valence electrons. The van der Waals surface area contributed by atoms with Gasteiger partial charge in [0.15, 0.2) is 5.82 Å². The van der Waals surface area contributed by atoms with Crippen molar-refractivity contribution in [2.24, 2.45) is 5.73 Å². The molecule has 4 nitrogen and oxygen atoms in total. The van der Waals surface area contributed by atoms with Crippen LogP contribution in [0.15, 0.2) is 30.3 Å². The summed E-state index contributed by atoms with van der Waals surface area (Å²) < 4.78 is 2.04. The summed E-state index contributed by atoms with van der Waals surface area (Å²) in [7, 11) is 0. The molecule has 1 aromatic heterocycles. The summed E-state index contributed by atoms with van der Waals surface area (Å²) >= 11 is 0. The second kappa shape index (κ2) is 4.23. The lowest BCUT2D eigenvalue weighted by molar-refractivity contribution is 0.704. The van der Waals surface area contributed by atoms with E-state index >= 15 is 0 Å². The maximum Gasteiger partial charge on any atom is 0.163 e. The minimum Gasteiger partial charge on any atom is -0.324 e. The van der Waals surface area contributed by atoms with Crippen molar-refractivity contribution < 1.29 is 0 Å². The number of nitrogens with two attached hydrogens (primary N) is 1. The Bertz CT molecular complexity index is 433. The van der Waals surface area contributed by atoms with E-state index in [4.69, 9.17) is 5.73 Å².